The summed E-state index contributed by atoms with van der Waals surface area (Å²) in [6.45, 7) is 0. The fraction of sp³-hybridized carbons (Fsp3) is 0. The number of rotatable bonds is 2. The van der Waals surface area contributed by atoms with Crippen molar-refractivity contribution in [3.8, 4) is 17.8 Å². The molecule has 0 saturated heterocycles. The Morgan fingerprint density at radius 1 is 1.11 bits per heavy atom. The first kappa shape index (κ1) is 11.5. The predicted octanol–water partition coefficient (Wildman–Crippen LogP) is 1.04. The molecule has 18 heavy (non-hydrogen) atoms. The van der Waals surface area contributed by atoms with Crippen molar-refractivity contribution in [3.05, 3.63) is 47.5 Å². The zero-order chi connectivity index (χ0) is 13.1. The minimum absolute atomic E-state index is 0.196. The van der Waals surface area contributed by atoms with Gasteiger partial charge in [-0.05, 0) is 24.3 Å². The lowest BCUT2D eigenvalue weighted by Crippen LogP contribution is -2.18. The summed E-state index contributed by atoms with van der Waals surface area (Å²) in [4.78, 5) is 16.4. The second kappa shape index (κ2) is 4.51. The highest BCUT2D eigenvalue weighted by atomic mass is 16.7. The van der Waals surface area contributed by atoms with Crippen molar-refractivity contribution in [1.29, 1.82) is 5.26 Å². The quantitative estimate of drug-likeness (QED) is 0.822. The minimum Gasteiger partial charge on any atom is -0.492 e. The first-order valence-electron chi connectivity index (χ1n) is 4.94. The van der Waals surface area contributed by atoms with Gasteiger partial charge in [0.15, 0.2) is 0 Å². The third-order valence-corrected chi connectivity index (χ3v) is 2.22. The first-order valence-corrected chi connectivity index (χ1v) is 4.94. The van der Waals surface area contributed by atoms with Crippen LogP contribution < -0.4 is 4.84 Å². The highest BCUT2D eigenvalue weighted by Gasteiger charge is 2.13. The molecular formula is C12H8N2O4. The van der Waals surface area contributed by atoms with Crippen LogP contribution in [0.3, 0.4) is 0 Å². The molecular weight excluding hydrogens is 236 g/mol. The smallest absolute Gasteiger partial charge is 0.363 e. The summed E-state index contributed by atoms with van der Waals surface area (Å²) in [6, 6.07) is 10.0. The van der Waals surface area contributed by atoms with E-state index in [1.165, 1.54) is 36.4 Å². The molecule has 0 atom stereocenters. The van der Waals surface area contributed by atoms with Gasteiger partial charge in [-0.1, -0.05) is 0 Å². The minimum atomic E-state index is -0.763. The molecule has 0 amide bonds. The maximum Gasteiger partial charge on any atom is 0.363 e. The number of hydrogen-bond donors (Lipinski definition) is 2. The van der Waals surface area contributed by atoms with E-state index >= 15 is 0 Å². The van der Waals surface area contributed by atoms with Crippen LogP contribution in [-0.2, 0) is 0 Å². The Morgan fingerprint density at radius 2 is 1.67 bits per heavy atom. The molecule has 6 heteroatoms. The average Bonchev–Trinajstić information content (AvgIpc) is 2.70. The second-order valence-electron chi connectivity index (χ2n) is 3.41. The lowest BCUT2D eigenvalue weighted by Gasteiger charge is -2.06. The zero-order valence-corrected chi connectivity index (χ0v) is 9.07. The molecule has 0 bridgehead atoms. The van der Waals surface area contributed by atoms with Crippen molar-refractivity contribution >= 4 is 5.97 Å². The number of nitrogens with zero attached hydrogens (tertiary/aromatic N) is 2. The Labute approximate surface area is 102 Å². The standard InChI is InChI=1S/C12H8N2O4/c13-7-8-1-3-9(4-2-8)12(17)18-14-10(15)5-6-11(14)16/h1-6,15-16H. The fourth-order valence-corrected chi connectivity index (χ4v) is 1.31. The molecule has 0 aliphatic carbocycles. The van der Waals surface area contributed by atoms with E-state index in [1.807, 2.05) is 6.07 Å². The average molecular weight is 244 g/mol. The van der Waals surface area contributed by atoms with Crippen LogP contribution in [0.2, 0.25) is 0 Å². The number of hydrogen-bond acceptors (Lipinski definition) is 5. The molecule has 1 aromatic carbocycles. The predicted molar refractivity (Wildman–Crippen MR) is 59.8 cm³/mol. The van der Waals surface area contributed by atoms with Crippen molar-refractivity contribution in [3.63, 3.8) is 0 Å². The lowest BCUT2D eigenvalue weighted by atomic mass is 10.1. The summed E-state index contributed by atoms with van der Waals surface area (Å²) in [7, 11) is 0. The van der Waals surface area contributed by atoms with E-state index in [9.17, 15) is 15.0 Å². The van der Waals surface area contributed by atoms with Gasteiger partial charge in [-0.25, -0.2) is 4.79 Å². The van der Waals surface area contributed by atoms with Crippen LogP contribution in [0.1, 0.15) is 15.9 Å². The lowest BCUT2D eigenvalue weighted by molar-refractivity contribution is 0.0382. The Bertz CT molecular complexity index is 603. The van der Waals surface area contributed by atoms with E-state index in [4.69, 9.17) is 10.1 Å². The summed E-state index contributed by atoms with van der Waals surface area (Å²) in [5.74, 6) is -1.55. The molecule has 0 fully saturated rings. The fourth-order valence-electron chi connectivity index (χ4n) is 1.31. The zero-order valence-electron chi connectivity index (χ0n) is 9.07. The van der Waals surface area contributed by atoms with Gasteiger partial charge in [0.1, 0.15) is 0 Å². The summed E-state index contributed by atoms with van der Waals surface area (Å²) in [5.41, 5.74) is 0.611. The molecule has 0 saturated carbocycles. The van der Waals surface area contributed by atoms with Crippen molar-refractivity contribution in [1.82, 2.24) is 4.73 Å². The van der Waals surface area contributed by atoms with E-state index < -0.39 is 17.7 Å². The van der Waals surface area contributed by atoms with E-state index in [2.05, 4.69) is 0 Å². The molecule has 2 aromatic rings. The summed E-state index contributed by atoms with van der Waals surface area (Å²) < 4.78 is 0.598. The highest BCUT2D eigenvalue weighted by Crippen LogP contribution is 2.19. The molecule has 0 spiro atoms. The summed E-state index contributed by atoms with van der Waals surface area (Å²) >= 11 is 0. The Balaban J connectivity index is 2.20. The van der Waals surface area contributed by atoms with Gasteiger partial charge >= 0.3 is 5.97 Å². The summed E-state index contributed by atoms with van der Waals surface area (Å²) in [6.07, 6.45) is 0. The van der Waals surface area contributed by atoms with Gasteiger partial charge in [0.2, 0.25) is 11.8 Å². The van der Waals surface area contributed by atoms with E-state index in [-0.39, 0.29) is 5.56 Å². The molecule has 0 aliphatic rings. The molecule has 0 aliphatic heterocycles. The molecule has 6 nitrogen and oxygen atoms in total. The van der Waals surface area contributed by atoms with Gasteiger partial charge in [-0.3, -0.25) is 0 Å². The summed E-state index contributed by atoms with van der Waals surface area (Å²) in [5, 5.41) is 27.2. The largest absolute Gasteiger partial charge is 0.492 e. The Hall–Kier alpha value is -2.94. The number of benzene rings is 1. The Kier molecular flexibility index (Phi) is 2.89. The third kappa shape index (κ3) is 2.10. The van der Waals surface area contributed by atoms with Crippen molar-refractivity contribution in [2.75, 3.05) is 0 Å². The number of aromatic nitrogens is 1. The Morgan fingerprint density at radius 3 is 2.17 bits per heavy atom. The molecule has 0 radical (unpaired) electrons. The molecule has 90 valence electrons. The number of carbonyl (C=O) groups excluding carboxylic acids is 1. The topological polar surface area (TPSA) is 95.5 Å². The second-order valence-corrected chi connectivity index (χ2v) is 3.41. The van der Waals surface area contributed by atoms with Crippen LogP contribution in [0.15, 0.2) is 36.4 Å². The molecule has 2 rings (SSSR count). The van der Waals surface area contributed by atoms with Crippen molar-refractivity contribution in [2.45, 2.75) is 0 Å². The van der Waals surface area contributed by atoms with Crippen LogP contribution >= 0.6 is 0 Å². The van der Waals surface area contributed by atoms with Gasteiger partial charge in [0.05, 0.1) is 17.2 Å². The van der Waals surface area contributed by atoms with Crippen LogP contribution in [0.25, 0.3) is 0 Å². The van der Waals surface area contributed by atoms with E-state index in [0.717, 1.165) is 0 Å². The molecule has 1 aromatic heterocycles. The van der Waals surface area contributed by atoms with Gasteiger partial charge < -0.3 is 15.1 Å². The van der Waals surface area contributed by atoms with Crippen LogP contribution in [0.4, 0.5) is 0 Å². The third-order valence-electron chi connectivity index (χ3n) is 2.22. The van der Waals surface area contributed by atoms with Gasteiger partial charge in [-0.2, -0.15) is 5.26 Å². The SMILES string of the molecule is N#Cc1ccc(C(=O)On2c(O)ccc2O)cc1. The van der Waals surface area contributed by atoms with Gasteiger partial charge in [0.25, 0.3) is 0 Å². The van der Waals surface area contributed by atoms with Crippen molar-refractivity contribution < 1.29 is 19.8 Å². The first-order chi connectivity index (χ1) is 8.61. The maximum absolute atomic E-state index is 11.7. The van der Waals surface area contributed by atoms with Crippen LogP contribution in [-0.4, -0.2) is 20.9 Å². The van der Waals surface area contributed by atoms with Gasteiger partial charge in [0, 0.05) is 12.1 Å². The number of carbonyl (C=O) groups is 1. The number of nitriles is 1. The van der Waals surface area contributed by atoms with Gasteiger partial charge in [-0.15, -0.1) is 4.73 Å². The van der Waals surface area contributed by atoms with E-state index in [0.29, 0.717) is 10.3 Å². The normalized spacial score (nSPS) is 9.72. The number of aromatic hydroxyl groups is 2. The monoisotopic (exact) mass is 244 g/mol. The van der Waals surface area contributed by atoms with E-state index in [1.54, 1.807) is 0 Å². The molecule has 1 heterocycles. The van der Waals surface area contributed by atoms with Crippen molar-refractivity contribution in [2.24, 2.45) is 0 Å². The maximum atomic E-state index is 11.7. The van der Waals surface area contributed by atoms with Crippen LogP contribution in [0.5, 0.6) is 11.8 Å². The highest BCUT2D eigenvalue weighted by molar-refractivity contribution is 5.89. The molecule has 0 unspecified atom stereocenters. The van der Waals surface area contributed by atoms with Crippen LogP contribution in [0, 0.1) is 11.3 Å². The molecule has 2 N–H and O–H groups in total.